The highest BCUT2D eigenvalue weighted by Crippen LogP contribution is 2.35. The molecule has 5 heterocycles. The number of hydrogen-bond donors (Lipinski definition) is 0. The zero-order valence-corrected chi connectivity index (χ0v) is 19.1. The van der Waals surface area contributed by atoms with Crippen LogP contribution < -0.4 is 0 Å². The predicted octanol–water partition coefficient (Wildman–Crippen LogP) is 7.66. The minimum atomic E-state index is 0.772. The molecule has 0 saturated heterocycles. The fourth-order valence-electron chi connectivity index (χ4n) is 5.18. The Labute approximate surface area is 205 Å². The minimum absolute atomic E-state index is 0.772. The molecule has 0 radical (unpaired) electrons. The fraction of sp³-hybridized carbons (Fsp3) is 0. The molecule has 0 unspecified atom stereocenters. The lowest BCUT2D eigenvalue weighted by Gasteiger charge is -2.10. The third-order valence-corrected chi connectivity index (χ3v) is 6.91. The van der Waals surface area contributed by atoms with Crippen molar-refractivity contribution in [2.45, 2.75) is 0 Å². The van der Waals surface area contributed by atoms with Gasteiger partial charge in [-0.3, -0.25) is 14.4 Å². The van der Waals surface area contributed by atoms with Crippen molar-refractivity contribution in [3.05, 3.63) is 110 Å². The van der Waals surface area contributed by atoms with Gasteiger partial charge < -0.3 is 4.42 Å². The number of rotatable bonds is 2. The van der Waals surface area contributed by atoms with E-state index in [0.29, 0.717) is 0 Å². The highest BCUT2D eigenvalue weighted by molar-refractivity contribution is 6.10. The van der Waals surface area contributed by atoms with E-state index >= 15 is 0 Å². The average Bonchev–Trinajstić information content (AvgIpc) is 3.49. The van der Waals surface area contributed by atoms with Gasteiger partial charge in [-0.05, 0) is 64.7 Å². The Bertz CT molecular complexity index is 2100. The molecule has 0 saturated carbocycles. The Kier molecular flexibility index (Phi) is 3.88. The summed E-state index contributed by atoms with van der Waals surface area (Å²) in [6.07, 6.45) is 5.75. The molecule has 5 heteroatoms. The van der Waals surface area contributed by atoms with Gasteiger partial charge in [-0.25, -0.2) is 4.98 Å². The first kappa shape index (κ1) is 19.3. The first-order valence-corrected chi connectivity index (χ1v) is 11.9. The number of furan rings is 1. The maximum atomic E-state index is 6.14. The summed E-state index contributed by atoms with van der Waals surface area (Å²) in [6, 6.07) is 31.2. The number of pyridine rings is 3. The molecule has 0 atom stereocenters. The summed E-state index contributed by atoms with van der Waals surface area (Å²) in [4.78, 5) is 14.0. The molecule has 0 spiro atoms. The van der Waals surface area contributed by atoms with E-state index in [0.717, 1.165) is 71.9 Å². The van der Waals surface area contributed by atoms with Crippen LogP contribution in [0.25, 0.3) is 71.9 Å². The monoisotopic (exact) mass is 462 g/mol. The summed E-state index contributed by atoms with van der Waals surface area (Å²) in [5, 5.41) is 3.22. The summed E-state index contributed by atoms with van der Waals surface area (Å²) in [6.45, 7) is 0. The topological polar surface area (TPSA) is 56.2 Å². The van der Waals surface area contributed by atoms with Crippen LogP contribution in [0, 0.1) is 0 Å². The summed E-state index contributed by atoms with van der Waals surface area (Å²) < 4.78 is 8.17. The second-order valence-electron chi connectivity index (χ2n) is 8.99. The van der Waals surface area contributed by atoms with Gasteiger partial charge in [-0.15, -0.1) is 0 Å². The van der Waals surface area contributed by atoms with Crippen LogP contribution in [0.5, 0.6) is 0 Å². The molecule has 0 bridgehead atoms. The predicted molar refractivity (Wildman–Crippen MR) is 144 cm³/mol. The van der Waals surface area contributed by atoms with Crippen molar-refractivity contribution in [3.63, 3.8) is 0 Å². The van der Waals surface area contributed by atoms with Gasteiger partial charge in [0.15, 0.2) is 0 Å². The third-order valence-electron chi connectivity index (χ3n) is 6.91. The van der Waals surface area contributed by atoms with Crippen LogP contribution in [-0.4, -0.2) is 19.4 Å². The normalized spacial score (nSPS) is 11.9. The first-order chi connectivity index (χ1) is 17.8. The van der Waals surface area contributed by atoms with E-state index < -0.39 is 0 Å². The van der Waals surface area contributed by atoms with Crippen molar-refractivity contribution in [2.24, 2.45) is 0 Å². The van der Waals surface area contributed by atoms with Crippen LogP contribution in [0.2, 0.25) is 0 Å². The molecule has 36 heavy (non-hydrogen) atoms. The van der Waals surface area contributed by atoms with E-state index in [9.17, 15) is 0 Å². The molecular formula is C31H18N4O. The summed E-state index contributed by atoms with van der Waals surface area (Å²) in [5.41, 5.74) is 9.77. The molecule has 0 aliphatic heterocycles. The molecule has 8 aromatic rings. The van der Waals surface area contributed by atoms with Crippen molar-refractivity contribution in [3.8, 4) is 22.3 Å². The first-order valence-electron chi connectivity index (χ1n) is 11.9. The quantitative estimate of drug-likeness (QED) is 0.247. The number of benzene rings is 3. The smallest absolute Gasteiger partial charge is 0.232 e. The van der Waals surface area contributed by atoms with Gasteiger partial charge in [-0.1, -0.05) is 48.5 Å². The highest BCUT2D eigenvalue weighted by Gasteiger charge is 2.14. The zero-order chi connectivity index (χ0) is 23.6. The average molecular weight is 463 g/mol. The summed E-state index contributed by atoms with van der Waals surface area (Å²) >= 11 is 0. The third kappa shape index (κ3) is 2.74. The highest BCUT2D eigenvalue weighted by atomic mass is 16.3. The largest absolute Gasteiger partial charge is 0.437 e. The molecule has 5 nitrogen and oxygen atoms in total. The van der Waals surface area contributed by atoms with Crippen LogP contribution in [0.3, 0.4) is 0 Å². The molecule has 0 aliphatic rings. The Morgan fingerprint density at radius 1 is 0.611 bits per heavy atom. The fourth-order valence-corrected chi connectivity index (χ4v) is 5.18. The van der Waals surface area contributed by atoms with E-state index in [1.165, 1.54) is 0 Å². The van der Waals surface area contributed by atoms with Gasteiger partial charge in [0, 0.05) is 34.7 Å². The standard InChI is InChI=1S/C31H18N4O/c1-2-8-26-24(6-1)30-31(36-26)35-18-22(13-14-27(35)34-30)19-9-11-20(12-10-19)25-17-21-5-3-15-32-28(21)29-23(25)7-4-16-33-29/h1-18H. The second-order valence-corrected chi connectivity index (χ2v) is 8.99. The number of imidazole rings is 1. The summed E-state index contributed by atoms with van der Waals surface area (Å²) in [7, 11) is 0. The molecule has 8 rings (SSSR count). The number of para-hydroxylation sites is 1. The second kappa shape index (κ2) is 7.23. The SMILES string of the molecule is c1cnc2c(c1)cc(-c1ccc(-c3ccc4nc5c6ccccc6oc5n4c3)cc1)c1cccnc12. The molecule has 0 N–H and O–H groups in total. The van der Waals surface area contributed by atoms with E-state index in [-0.39, 0.29) is 0 Å². The van der Waals surface area contributed by atoms with Crippen molar-refractivity contribution in [1.29, 1.82) is 0 Å². The lowest BCUT2D eigenvalue weighted by Crippen LogP contribution is -1.89. The lowest BCUT2D eigenvalue weighted by atomic mass is 9.96. The van der Waals surface area contributed by atoms with Gasteiger partial charge in [0.05, 0.1) is 11.0 Å². The van der Waals surface area contributed by atoms with Crippen molar-refractivity contribution >= 4 is 49.7 Å². The number of nitrogens with zero attached hydrogens (tertiary/aromatic N) is 4. The van der Waals surface area contributed by atoms with Crippen molar-refractivity contribution in [2.75, 3.05) is 0 Å². The molecule has 3 aromatic carbocycles. The zero-order valence-electron chi connectivity index (χ0n) is 19.1. The molecule has 0 aliphatic carbocycles. The van der Waals surface area contributed by atoms with Crippen molar-refractivity contribution in [1.82, 2.24) is 19.4 Å². The van der Waals surface area contributed by atoms with Crippen LogP contribution >= 0.6 is 0 Å². The summed E-state index contributed by atoms with van der Waals surface area (Å²) in [5.74, 6) is 0. The van der Waals surface area contributed by atoms with E-state index in [4.69, 9.17) is 9.40 Å². The molecular weight excluding hydrogens is 444 g/mol. The number of fused-ring (bicyclic) bond motifs is 8. The van der Waals surface area contributed by atoms with Gasteiger partial charge in [-0.2, -0.15) is 0 Å². The lowest BCUT2D eigenvalue weighted by molar-refractivity contribution is 0.649. The Morgan fingerprint density at radius 2 is 1.36 bits per heavy atom. The van der Waals surface area contributed by atoms with Gasteiger partial charge >= 0.3 is 0 Å². The van der Waals surface area contributed by atoms with E-state index in [1.807, 2.05) is 53.2 Å². The number of aromatic nitrogens is 4. The Hall–Kier alpha value is -5.03. The molecule has 168 valence electrons. The Morgan fingerprint density at radius 3 is 2.28 bits per heavy atom. The van der Waals surface area contributed by atoms with Crippen LogP contribution in [0.15, 0.2) is 114 Å². The maximum Gasteiger partial charge on any atom is 0.232 e. The Balaban J connectivity index is 1.26. The van der Waals surface area contributed by atoms with Gasteiger partial charge in [0.25, 0.3) is 0 Å². The molecule has 0 amide bonds. The molecule has 5 aromatic heterocycles. The van der Waals surface area contributed by atoms with Gasteiger partial charge in [0.2, 0.25) is 5.71 Å². The van der Waals surface area contributed by atoms with E-state index in [1.54, 1.807) is 0 Å². The van der Waals surface area contributed by atoms with Gasteiger partial charge in [0.1, 0.15) is 16.7 Å². The minimum Gasteiger partial charge on any atom is -0.437 e. The number of hydrogen-bond acceptors (Lipinski definition) is 4. The van der Waals surface area contributed by atoms with Crippen LogP contribution in [-0.2, 0) is 0 Å². The maximum absolute atomic E-state index is 6.14. The molecule has 0 fully saturated rings. The van der Waals surface area contributed by atoms with E-state index in [2.05, 4.69) is 70.8 Å². The van der Waals surface area contributed by atoms with Crippen molar-refractivity contribution < 1.29 is 4.42 Å². The van der Waals surface area contributed by atoms with Crippen LogP contribution in [0.1, 0.15) is 0 Å². The van der Waals surface area contributed by atoms with Crippen LogP contribution in [0.4, 0.5) is 0 Å².